The molecule has 7 heteroatoms. The fraction of sp³-hybridized carbons (Fsp3) is 0.571. The van der Waals surface area contributed by atoms with Gasteiger partial charge < -0.3 is 11.1 Å². The number of carbonyl (C=O) groups excluding carboxylic acids is 1. The highest BCUT2D eigenvalue weighted by atomic mass is 79.9. The first-order valence-corrected chi connectivity index (χ1v) is 5.13. The fourth-order valence-electron chi connectivity index (χ4n) is 1.51. The van der Waals surface area contributed by atoms with Crippen molar-refractivity contribution >= 4 is 27.8 Å². The van der Waals surface area contributed by atoms with Crippen LogP contribution >= 0.6 is 15.9 Å². The van der Waals surface area contributed by atoms with Crippen LogP contribution in [0.5, 0.6) is 0 Å². The molecule has 1 amide bonds. The van der Waals surface area contributed by atoms with Gasteiger partial charge in [0.2, 0.25) is 11.9 Å². The van der Waals surface area contributed by atoms with Gasteiger partial charge in [0.15, 0.2) is 4.73 Å². The SMILES string of the molecule is Nc1nc(Br)n(C2CCCNC2=O)n1. The van der Waals surface area contributed by atoms with Crippen LogP contribution in [0.2, 0.25) is 0 Å². The van der Waals surface area contributed by atoms with Gasteiger partial charge in [-0.05, 0) is 28.8 Å². The number of nitrogens with one attached hydrogen (secondary N) is 1. The van der Waals surface area contributed by atoms with Crippen LogP contribution in [-0.2, 0) is 4.79 Å². The molecule has 2 rings (SSSR count). The third kappa shape index (κ3) is 1.59. The zero-order valence-electron chi connectivity index (χ0n) is 7.40. The van der Waals surface area contributed by atoms with Crippen molar-refractivity contribution in [1.29, 1.82) is 0 Å². The molecule has 1 aromatic heterocycles. The van der Waals surface area contributed by atoms with Gasteiger partial charge >= 0.3 is 0 Å². The Hall–Kier alpha value is -1.11. The summed E-state index contributed by atoms with van der Waals surface area (Å²) in [6.45, 7) is 0.733. The first-order valence-electron chi connectivity index (χ1n) is 4.33. The Morgan fingerprint density at radius 1 is 1.64 bits per heavy atom. The number of nitrogen functional groups attached to an aromatic ring is 1. The minimum absolute atomic E-state index is 0.0261. The van der Waals surface area contributed by atoms with E-state index in [9.17, 15) is 4.79 Å². The van der Waals surface area contributed by atoms with Gasteiger partial charge in [0.25, 0.3) is 0 Å². The standard InChI is InChI=1S/C7H10BrN5O/c8-6-11-7(9)12-13(6)4-2-1-3-10-5(4)14/h4H,1-3H2,(H2,9,12)(H,10,14). The molecule has 1 atom stereocenters. The zero-order valence-corrected chi connectivity index (χ0v) is 8.99. The molecule has 14 heavy (non-hydrogen) atoms. The van der Waals surface area contributed by atoms with Crippen LogP contribution in [0.15, 0.2) is 4.73 Å². The van der Waals surface area contributed by atoms with Crippen molar-refractivity contribution in [2.75, 3.05) is 12.3 Å². The number of piperidine rings is 1. The van der Waals surface area contributed by atoms with E-state index in [1.165, 1.54) is 4.68 Å². The lowest BCUT2D eigenvalue weighted by molar-refractivity contribution is -0.126. The Morgan fingerprint density at radius 3 is 3.00 bits per heavy atom. The van der Waals surface area contributed by atoms with Crippen molar-refractivity contribution in [1.82, 2.24) is 20.1 Å². The lowest BCUT2D eigenvalue weighted by Crippen LogP contribution is -2.38. The van der Waals surface area contributed by atoms with Gasteiger partial charge in [0, 0.05) is 6.54 Å². The largest absolute Gasteiger partial charge is 0.366 e. The average molecular weight is 260 g/mol. The Labute approximate surface area is 89.0 Å². The van der Waals surface area contributed by atoms with Gasteiger partial charge in [-0.15, -0.1) is 5.10 Å². The molecular formula is C7H10BrN5O. The van der Waals surface area contributed by atoms with E-state index in [2.05, 4.69) is 31.3 Å². The van der Waals surface area contributed by atoms with Gasteiger partial charge in [-0.1, -0.05) is 0 Å². The first kappa shape index (κ1) is 9.45. The maximum atomic E-state index is 11.5. The van der Waals surface area contributed by atoms with Crippen LogP contribution in [0.25, 0.3) is 0 Å². The fourth-order valence-corrected chi connectivity index (χ4v) is 2.02. The number of nitrogens with zero attached hydrogens (tertiary/aromatic N) is 3. The van der Waals surface area contributed by atoms with E-state index in [0.29, 0.717) is 4.73 Å². The molecule has 1 fully saturated rings. The van der Waals surface area contributed by atoms with E-state index in [4.69, 9.17) is 5.73 Å². The van der Waals surface area contributed by atoms with Crippen LogP contribution in [0.3, 0.4) is 0 Å². The molecular weight excluding hydrogens is 250 g/mol. The quantitative estimate of drug-likeness (QED) is 0.748. The molecule has 3 N–H and O–H groups in total. The maximum absolute atomic E-state index is 11.5. The molecule has 1 saturated heterocycles. The van der Waals surface area contributed by atoms with Crippen LogP contribution in [-0.4, -0.2) is 27.2 Å². The summed E-state index contributed by atoms with van der Waals surface area (Å²) in [5.41, 5.74) is 5.43. The third-order valence-electron chi connectivity index (χ3n) is 2.16. The number of carbonyl (C=O) groups is 1. The van der Waals surface area contributed by atoms with Gasteiger partial charge in [-0.25, -0.2) is 4.68 Å². The second-order valence-corrected chi connectivity index (χ2v) is 3.84. The van der Waals surface area contributed by atoms with E-state index in [1.807, 2.05) is 0 Å². The number of anilines is 1. The van der Waals surface area contributed by atoms with Crippen LogP contribution in [0.1, 0.15) is 18.9 Å². The normalized spacial score (nSPS) is 22.1. The molecule has 0 aromatic carbocycles. The van der Waals surface area contributed by atoms with Crippen molar-refractivity contribution in [3.8, 4) is 0 Å². The average Bonchev–Trinajstić information content (AvgIpc) is 2.46. The van der Waals surface area contributed by atoms with Gasteiger partial charge in [-0.2, -0.15) is 4.98 Å². The monoisotopic (exact) mass is 259 g/mol. The van der Waals surface area contributed by atoms with Crippen LogP contribution in [0.4, 0.5) is 5.95 Å². The van der Waals surface area contributed by atoms with Gasteiger partial charge in [0.1, 0.15) is 6.04 Å². The van der Waals surface area contributed by atoms with Crippen molar-refractivity contribution in [3.05, 3.63) is 4.73 Å². The Morgan fingerprint density at radius 2 is 2.43 bits per heavy atom. The molecule has 0 spiro atoms. The van der Waals surface area contributed by atoms with Crippen LogP contribution < -0.4 is 11.1 Å². The number of hydrogen-bond donors (Lipinski definition) is 2. The smallest absolute Gasteiger partial charge is 0.244 e. The lowest BCUT2D eigenvalue weighted by atomic mass is 10.1. The highest BCUT2D eigenvalue weighted by Gasteiger charge is 2.26. The van der Waals surface area contributed by atoms with Crippen molar-refractivity contribution < 1.29 is 4.79 Å². The predicted molar refractivity (Wildman–Crippen MR) is 53.4 cm³/mol. The molecule has 0 saturated carbocycles. The number of nitrogens with two attached hydrogens (primary N) is 1. The summed E-state index contributed by atoms with van der Waals surface area (Å²) in [4.78, 5) is 15.4. The highest BCUT2D eigenvalue weighted by Crippen LogP contribution is 2.21. The Bertz CT molecular complexity index is 363. The van der Waals surface area contributed by atoms with E-state index in [-0.39, 0.29) is 17.9 Å². The minimum atomic E-state index is -0.289. The van der Waals surface area contributed by atoms with E-state index >= 15 is 0 Å². The molecule has 76 valence electrons. The molecule has 1 aliphatic rings. The third-order valence-corrected chi connectivity index (χ3v) is 2.70. The van der Waals surface area contributed by atoms with Gasteiger partial charge in [-0.3, -0.25) is 4.79 Å². The lowest BCUT2D eigenvalue weighted by Gasteiger charge is -2.21. The summed E-state index contributed by atoms with van der Waals surface area (Å²) in [6, 6.07) is -0.289. The number of hydrogen-bond acceptors (Lipinski definition) is 4. The summed E-state index contributed by atoms with van der Waals surface area (Å²) in [6.07, 6.45) is 1.72. The summed E-state index contributed by atoms with van der Waals surface area (Å²) in [7, 11) is 0. The Balaban J connectivity index is 2.28. The molecule has 0 bridgehead atoms. The van der Waals surface area contributed by atoms with Crippen molar-refractivity contribution in [2.24, 2.45) is 0 Å². The van der Waals surface area contributed by atoms with E-state index in [1.54, 1.807) is 0 Å². The second-order valence-electron chi connectivity index (χ2n) is 3.13. The topological polar surface area (TPSA) is 85.8 Å². The molecule has 1 aliphatic heterocycles. The molecule has 0 radical (unpaired) electrons. The number of aromatic nitrogens is 3. The zero-order chi connectivity index (χ0) is 10.1. The number of rotatable bonds is 1. The predicted octanol–water partition coefficient (Wildman–Crippen LogP) is 0.0739. The summed E-state index contributed by atoms with van der Waals surface area (Å²) in [5, 5.41) is 6.74. The van der Waals surface area contributed by atoms with Crippen molar-refractivity contribution in [3.63, 3.8) is 0 Å². The van der Waals surface area contributed by atoms with Gasteiger partial charge in [0.05, 0.1) is 0 Å². The number of halogens is 1. The molecule has 1 aromatic rings. The summed E-state index contributed by atoms with van der Waals surface area (Å²) >= 11 is 3.21. The second kappa shape index (κ2) is 3.56. The summed E-state index contributed by atoms with van der Waals surface area (Å²) in [5.74, 6) is 0.150. The Kier molecular flexibility index (Phi) is 2.40. The maximum Gasteiger partial charge on any atom is 0.244 e. The van der Waals surface area contributed by atoms with E-state index < -0.39 is 0 Å². The summed E-state index contributed by atoms with van der Waals surface area (Å²) < 4.78 is 2.01. The first-order chi connectivity index (χ1) is 6.68. The molecule has 6 nitrogen and oxygen atoms in total. The number of amides is 1. The molecule has 0 aliphatic carbocycles. The van der Waals surface area contributed by atoms with Crippen LogP contribution in [0, 0.1) is 0 Å². The van der Waals surface area contributed by atoms with E-state index in [0.717, 1.165) is 19.4 Å². The molecule has 2 heterocycles. The highest BCUT2D eigenvalue weighted by molar-refractivity contribution is 9.10. The minimum Gasteiger partial charge on any atom is -0.366 e. The van der Waals surface area contributed by atoms with Crippen molar-refractivity contribution in [2.45, 2.75) is 18.9 Å². The molecule has 1 unspecified atom stereocenters.